The van der Waals surface area contributed by atoms with E-state index in [0.717, 1.165) is 0 Å². The Balaban J connectivity index is 2.14. The van der Waals surface area contributed by atoms with E-state index in [1.165, 1.54) is 6.08 Å². The maximum absolute atomic E-state index is 12.5. The molecule has 2 aromatic carbocycles. The van der Waals surface area contributed by atoms with E-state index in [0.29, 0.717) is 22.5 Å². The normalized spacial score (nSPS) is 10.9. The zero-order valence-electron chi connectivity index (χ0n) is 15.9. The fourth-order valence-electron chi connectivity index (χ4n) is 2.47. The van der Waals surface area contributed by atoms with Gasteiger partial charge in [0.1, 0.15) is 0 Å². The minimum absolute atomic E-state index is 0.0824. The van der Waals surface area contributed by atoms with Crippen molar-refractivity contribution in [1.29, 1.82) is 0 Å². The Morgan fingerprint density at radius 3 is 2.07 bits per heavy atom. The second-order valence-electron chi connectivity index (χ2n) is 5.80. The molecule has 2 rings (SSSR count). The lowest BCUT2D eigenvalue weighted by molar-refractivity contribution is -0.142. The Morgan fingerprint density at radius 1 is 0.857 bits per heavy atom. The molecule has 0 saturated carbocycles. The molecule has 0 bridgehead atoms. The fourth-order valence-corrected chi connectivity index (χ4v) is 2.47. The highest BCUT2D eigenvalue weighted by Gasteiger charge is 2.12. The summed E-state index contributed by atoms with van der Waals surface area (Å²) in [6.07, 6.45) is 1.13. The number of ketones is 1. The van der Waals surface area contributed by atoms with Gasteiger partial charge < -0.3 is 14.8 Å². The van der Waals surface area contributed by atoms with Gasteiger partial charge in [-0.1, -0.05) is 30.3 Å². The topological polar surface area (TPSA) is 81.7 Å². The largest absolute Gasteiger partial charge is 0.466 e. The number of anilines is 1. The van der Waals surface area contributed by atoms with Crippen LogP contribution in [0.4, 0.5) is 5.69 Å². The van der Waals surface area contributed by atoms with Gasteiger partial charge in [0.2, 0.25) is 0 Å². The van der Waals surface area contributed by atoms with Gasteiger partial charge in [-0.25, -0.2) is 4.79 Å². The van der Waals surface area contributed by atoms with Crippen LogP contribution in [0.1, 0.15) is 36.2 Å². The molecular formula is C22H23NO5. The predicted molar refractivity (Wildman–Crippen MR) is 106 cm³/mol. The molecule has 0 fully saturated rings. The zero-order chi connectivity index (χ0) is 20.4. The van der Waals surface area contributed by atoms with Crippen molar-refractivity contribution in [1.82, 2.24) is 0 Å². The maximum Gasteiger partial charge on any atom is 0.332 e. The van der Waals surface area contributed by atoms with Crippen molar-refractivity contribution < 1.29 is 23.9 Å². The molecule has 6 nitrogen and oxygen atoms in total. The highest BCUT2D eigenvalue weighted by molar-refractivity contribution is 6.09. The summed E-state index contributed by atoms with van der Waals surface area (Å²) in [5.74, 6) is -1.09. The molecule has 0 saturated heterocycles. The number of rotatable bonds is 9. The number of ether oxygens (including phenoxy) is 2. The van der Waals surface area contributed by atoms with Crippen LogP contribution in [0, 0.1) is 0 Å². The highest BCUT2D eigenvalue weighted by Crippen LogP contribution is 2.17. The Labute approximate surface area is 164 Å². The number of hydrogen-bond acceptors (Lipinski definition) is 6. The summed E-state index contributed by atoms with van der Waals surface area (Å²) in [5, 5.41) is 3.01. The summed E-state index contributed by atoms with van der Waals surface area (Å²) in [6, 6.07) is 15.8. The van der Waals surface area contributed by atoms with E-state index in [1.54, 1.807) is 50.2 Å². The van der Waals surface area contributed by atoms with E-state index in [9.17, 15) is 14.4 Å². The molecule has 1 N–H and O–H groups in total. The van der Waals surface area contributed by atoms with Gasteiger partial charge in [0.15, 0.2) is 5.78 Å². The molecule has 0 radical (unpaired) electrons. The highest BCUT2D eigenvalue weighted by atomic mass is 16.5. The molecule has 0 aliphatic heterocycles. The van der Waals surface area contributed by atoms with Crippen LogP contribution in [0.3, 0.4) is 0 Å². The maximum atomic E-state index is 12.5. The SMILES string of the molecule is CCOC(=O)/C=C(/CC(=O)OCC)Nc1ccc(C(=O)c2ccccc2)cc1. The molecule has 0 aromatic heterocycles. The molecular weight excluding hydrogens is 358 g/mol. The number of nitrogens with one attached hydrogen (secondary N) is 1. The van der Waals surface area contributed by atoms with Crippen LogP contribution in [-0.2, 0) is 19.1 Å². The van der Waals surface area contributed by atoms with Gasteiger partial charge in [0.25, 0.3) is 0 Å². The third-order valence-corrected chi connectivity index (χ3v) is 3.71. The first-order chi connectivity index (χ1) is 13.5. The number of carbonyl (C=O) groups excluding carboxylic acids is 3. The van der Waals surface area contributed by atoms with Crippen molar-refractivity contribution in [3.8, 4) is 0 Å². The number of carbonyl (C=O) groups is 3. The summed E-state index contributed by atoms with van der Waals surface area (Å²) < 4.78 is 9.83. The first-order valence-electron chi connectivity index (χ1n) is 9.03. The molecule has 28 heavy (non-hydrogen) atoms. The van der Waals surface area contributed by atoms with Crippen LogP contribution in [-0.4, -0.2) is 30.9 Å². The van der Waals surface area contributed by atoms with E-state index in [4.69, 9.17) is 9.47 Å². The van der Waals surface area contributed by atoms with Crippen molar-refractivity contribution in [3.63, 3.8) is 0 Å². The standard InChI is InChI=1S/C22H23NO5/c1-3-27-20(24)14-19(15-21(25)28-4-2)23-18-12-10-17(11-13-18)22(26)16-8-6-5-7-9-16/h5-14,23H,3-4,15H2,1-2H3/b19-14-. The zero-order valence-corrected chi connectivity index (χ0v) is 15.9. The summed E-state index contributed by atoms with van der Waals surface area (Å²) in [4.78, 5) is 36.0. The van der Waals surface area contributed by atoms with Gasteiger partial charge in [-0.3, -0.25) is 9.59 Å². The van der Waals surface area contributed by atoms with Crippen molar-refractivity contribution in [2.24, 2.45) is 0 Å². The van der Waals surface area contributed by atoms with E-state index in [1.807, 2.05) is 18.2 Å². The summed E-state index contributed by atoms with van der Waals surface area (Å²) in [5.41, 5.74) is 2.12. The second-order valence-corrected chi connectivity index (χ2v) is 5.80. The Morgan fingerprint density at radius 2 is 1.46 bits per heavy atom. The summed E-state index contributed by atoms with van der Waals surface area (Å²) in [7, 11) is 0. The van der Waals surface area contributed by atoms with Crippen LogP contribution in [0.2, 0.25) is 0 Å². The third-order valence-electron chi connectivity index (χ3n) is 3.71. The molecule has 0 amide bonds. The van der Waals surface area contributed by atoms with E-state index >= 15 is 0 Å². The molecule has 0 heterocycles. The molecule has 0 atom stereocenters. The van der Waals surface area contributed by atoms with Crippen molar-refractivity contribution >= 4 is 23.4 Å². The first-order valence-corrected chi connectivity index (χ1v) is 9.03. The van der Waals surface area contributed by atoms with Crippen LogP contribution in [0.5, 0.6) is 0 Å². The van der Waals surface area contributed by atoms with Gasteiger partial charge in [-0.15, -0.1) is 0 Å². The van der Waals surface area contributed by atoms with Gasteiger partial charge in [-0.2, -0.15) is 0 Å². The van der Waals surface area contributed by atoms with Crippen molar-refractivity contribution in [2.45, 2.75) is 20.3 Å². The minimum atomic E-state index is -0.551. The molecule has 2 aromatic rings. The average Bonchev–Trinajstić information content (AvgIpc) is 2.69. The number of esters is 2. The van der Waals surface area contributed by atoms with E-state index in [2.05, 4.69) is 5.32 Å². The predicted octanol–water partition coefficient (Wildman–Crippen LogP) is 3.73. The van der Waals surface area contributed by atoms with E-state index < -0.39 is 11.9 Å². The lowest BCUT2D eigenvalue weighted by Crippen LogP contribution is -2.12. The molecule has 0 unspecified atom stereocenters. The molecule has 146 valence electrons. The number of hydrogen-bond donors (Lipinski definition) is 1. The van der Waals surface area contributed by atoms with Crippen LogP contribution in [0.25, 0.3) is 0 Å². The van der Waals surface area contributed by atoms with Gasteiger partial charge in [0, 0.05) is 28.6 Å². The van der Waals surface area contributed by atoms with Gasteiger partial charge in [0.05, 0.1) is 19.6 Å². The Bertz CT molecular complexity index is 841. The summed E-state index contributed by atoms with van der Waals surface area (Å²) >= 11 is 0. The molecule has 0 aliphatic carbocycles. The summed E-state index contributed by atoms with van der Waals surface area (Å²) in [6.45, 7) is 3.90. The molecule has 0 spiro atoms. The Hall–Kier alpha value is -3.41. The number of benzene rings is 2. The Kier molecular flexibility index (Phi) is 7.96. The monoisotopic (exact) mass is 381 g/mol. The van der Waals surface area contributed by atoms with Gasteiger partial charge >= 0.3 is 11.9 Å². The average molecular weight is 381 g/mol. The van der Waals surface area contributed by atoms with E-state index in [-0.39, 0.29) is 25.4 Å². The van der Waals surface area contributed by atoms with Crippen LogP contribution >= 0.6 is 0 Å². The van der Waals surface area contributed by atoms with Crippen LogP contribution < -0.4 is 5.32 Å². The first kappa shape index (κ1) is 20.9. The quantitative estimate of drug-likeness (QED) is 0.405. The molecule has 0 aliphatic rings. The van der Waals surface area contributed by atoms with Gasteiger partial charge in [-0.05, 0) is 38.1 Å². The fraction of sp³-hybridized carbons (Fsp3) is 0.227. The smallest absolute Gasteiger partial charge is 0.332 e. The van der Waals surface area contributed by atoms with Crippen molar-refractivity contribution in [2.75, 3.05) is 18.5 Å². The minimum Gasteiger partial charge on any atom is -0.466 e. The third kappa shape index (κ3) is 6.39. The van der Waals surface area contributed by atoms with Crippen molar-refractivity contribution in [3.05, 3.63) is 77.5 Å². The molecule has 6 heteroatoms. The lowest BCUT2D eigenvalue weighted by Gasteiger charge is -2.11. The second kappa shape index (κ2) is 10.7. The lowest BCUT2D eigenvalue weighted by atomic mass is 10.0. The van der Waals surface area contributed by atoms with Crippen LogP contribution in [0.15, 0.2) is 66.4 Å².